The maximum atomic E-state index is 8.85. The van der Waals surface area contributed by atoms with Gasteiger partial charge in [0.1, 0.15) is 0 Å². The highest BCUT2D eigenvalue weighted by atomic mass is 16.5. The molecule has 4 nitrogen and oxygen atoms in total. The Labute approximate surface area is 149 Å². The van der Waals surface area contributed by atoms with Crippen molar-refractivity contribution in [3.8, 4) is 0 Å². The fourth-order valence-electron chi connectivity index (χ4n) is 4.12. The van der Waals surface area contributed by atoms with Crippen LogP contribution in [0.25, 0.3) is 0 Å². The molecular formula is C21H26N2O2. The first-order valence-corrected chi connectivity index (χ1v) is 9.20. The van der Waals surface area contributed by atoms with E-state index in [0.29, 0.717) is 19.3 Å². The maximum Gasteiger partial charge on any atom is 0.0698 e. The second-order valence-electron chi connectivity index (χ2n) is 6.85. The highest BCUT2D eigenvalue weighted by molar-refractivity contribution is 5.60. The molecule has 0 aromatic heterocycles. The van der Waals surface area contributed by atoms with Gasteiger partial charge in [-0.25, -0.2) is 0 Å². The largest absolute Gasteiger partial charge is 0.394 e. The van der Waals surface area contributed by atoms with Gasteiger partial charge in [-0.2, -0.15) is 0 Å². The summed E-state index contributed by atoms with van der Waals surface area (Å²) in [7, 11) is 0. The number of piperazine rings is 1. The van der Waals surface area contributed by atoms with Crippen LogP contribution in [0.1, 0.15) is 22.7 Å². The first kappa shape index (κ1) is 16.6. The lowest BCUT2D eigenvalue weighted by atomic mass is 9.96. The van der Waals surface area contributed by atoms with Crippen LogP contribution < -0.4 is 4.90 Å². The number of hydrogen-bond donors (Lipinski definition) is 1. The molecule has 0 spiro atoms. The fourth-order valence-corrected chi connectivity index (χ4v) is 4.12. The predicted octanol–water partition coefficient (Wildman–Crippen LogP) is 2.46. The van der Waals surface area contributed by atoms with Gasteiger partial charge in [-0.15, -0.1) is 0 Å². The zero-order chi connectivity index (χ0) is 17.1. The van der Waals surface area contributed by atoms with Crippen LogP contribution in [0.3, 0.4) is 0 Å². The zero-order valence-corrected chi connectivity index (χ0v) is 14.6. The number of hydrogen-bond acceptors (Lipinski definition) is 4. The van der Waals surface area contributed by atoms with Gasteiger partial charge in [0, 0.05) is 31.9 Å². The highest BCUT2D eigenvalue weighted by Gasteiger charge is 2.32. The third kappa shape index (κ3) is 3.43. The first-order valence-electron chi connectivity index (χ1n) is 9.20. The van der Waals surface area contributed by atoms with E-state index in [2.05, 4.69) is 58.3 Å². The molecule has 0 saturated carbocycles. The van der Waals surface area contributed by atoms with Crippen LogP contribution in [0, 0.1) is 0 Å². The lowest BCUT2D eigenvalue weighted by molar-refractivity contribution is 0.0692. The summed E-state index contributed by atoms with van der Waals surface area (Å²) in [5.41, 5.74) is 5.72. The van der Waals surface area contributed by atoms with Crippen LogP contribution in [0.2, 0.25) is 0 Å². The Morgan fingerprint density at radius 2 is 1.76 bits per heavy atom. The van der Waals surface area contributed by atoms with Crippen molar-refractivity contribution in [1.82, 2.24) is 4.90 Å². The first-order chi connectivity index (χ1) is 12.4. The summed E-state index contributed by atoms with van der Waals surface area (Å²) in [6, 6.07) is 18.1. The third-order valence-electron chi connectivity index (χ3n) is 5.35. The Morgan fingerprint density at radius 1 is 0.960 bits per heavy atom. The molecule has 0 bridgehead atoms. The number of nitrogens with zero attached hydrogens (tertiary/aromatic N) is 2. The summed E-state index contributed by atoms with van der Waals surface area (Å²) in [6.45, 7) is 5.25. The normalized spacial score (nSPS) is 19.7. The van der Waals surface area contributed by atoms with E-state index in [-0.39, 0.29) is 6.61 Å². The summed E-state index contributed by atoms with van der Waals surface area (Å²) in [6.07, 6.45) is 1.01. The molecule has 0 aliphatic carbocycles. The monoisotopic (exact) mass is 338 g/mol. The molecule has 132 valence electrons. The van der Waals surface area contributed by atoms with Crippen LogP contribution in [-0.4, -0.2) is 56.0 Å². The molecule has 1 atom stereocenters. The van der Waals surface area contributed by atoms with Gasteiger partial charge in [0.2, 0.25) is 0 Å². The van der Waals surface area contributed by atoms with Crippen molar-refractivity contribution in [2.24, 2.45) is 0 Å². The second kappa shape index (κ2) is 7.56. The summed E-state index contributed by atoms with van der Waals surface area (Å²) in [4.78, 5) is 5.08. The number of aliphatic hydroxyl groups is 1. The van der Waals surface area contributed by atoms with Crippen LogP contribution in [0.4, 0.5) is 5.69 Å². The predicted molar refractivity (Wildman–Crippen MR) is 100 cm³/mol. The molecule has 0 amide bonds. The lowest BCUT2D eigenvalue weighted by Gasteiger charge is -2.43. The Morgan fingerprint density at radius 3 is 2.64 bits per heavy atom. The molecule has 1 N–H and O–H groups in total. The minimum atomic E-state index is 0.0978. The minimum Gasteiger partial charge on any atom is -0.394 e. The number of aliphatic hydroxyl groups excluding tert-OH is 1. The zero-order valence-electron chi connectivity index (χ0n) is 14.6. The van der Waals surface area contributed by atoms with Gasteiger partial charge in [0.15, 0.2) is 0 Å². The van der Waals surface area contributed by atoms with Crippen molar-refractivity contribution in [1.29, 1.82) is 0 Å². The van der Waals surface area contributed by atoms with Crippen LogP contribution >= 0.6 is 0 Å². The Balaban J connectivity index is 1.59. The van der Waals surface area contributed by atoms with E-state index in [1.165, 1.54) is 22.4 Å². The second-order valence-corrected chi connectivity index (χ2v) is 6.85. The summed E-state index contributed by atoms with van der Waals surface area (Å²) in [5.74, 6) is 0. The number of fused-ring (bicyclic) bond motifs is 5. The Hall–Kier alpha value is -1.88. The van der Waals surface area contributed by atoms with E-state index in [9.17, 15) is 0 Å². The number of rotatable bonds is 5. The van der Waals surface area contributed by atoms with Crippen molar-refractivity contribution in [2.45, 2.75) is 12.5 Å². The van der Waals surface area contributed by atoms with E-state index in [4.69, 9.17) is 9.84 Å². The fraction of sp³-hybridized carbons (Fsp3) is 0.429. The minimum absolute atomic E-state index is 0.0978. The SMILES string of the molecule is OCCOCCN1CCN2c3ccccc3Cc3ccccc3C2C1. The molecule has 25 heavy (non-hydrogen) atoms. The summed E-state index contributed by atoms with van der Waals surface area (Å²) >= 11 is 0. The van der Waals surface area contributed by atoms with Crippen LogP contribution in [0.15, 0.2) is 48.5 Å². The van der Waals surface area contributed by atoms with Gasteiger partial charge in [-0.05, 0) is 29.2 Å². The molecule has 2 aromatic carbocycles. The average Bonchev–Trinajstić information content (AvgIpc) is 2.79. The smallest absolute Gasteiger partial charge is 0.0698 e. The van der Waals surface area contributed by atoms with Crippen LogP contribution in [0.5, 0.6) is 0 Å². The number of benzene rings is 2. The van der Waals surface area contributed by atoms with Crippen molar-refractivity contribution in [3.05, 3.63) is 65.2 Å². The van der Waals surface area contributed by atoms with Crippen molar-refractivity contribution in [3.63, 3.8) is 0 Å². The van der Waals surface area contributed by atoms with Crippen molar-refractivity contribution in [2.75, 3.05) is 50.9 Å². The van der Waals surface area contributed by atoms with Crippen LogP contribution in [-0.2, 0) is 11.2 Å². The van der Waals surface area contributed by atoms with Gasteiger partial charge >= 0.3 is 0 Å². The number of ether oxygens (including phenoxy) is 1. The average molecular weight is 338 g/mol. The molecule has 1 fully saturated rings. The molecule has 2 aliphatic heterocycles. The highest BCUT2D eigenvalue weighted by Crippen LogP contribution is 2.38. The quantitative estimate of drug-likeness (QED) is 0.850. The van der Waals surface area contributed by atoms with E-state index >= 15 is 0 Å². The molecule has 1 unspecified atom stereocenters. The molecule has 4 rings (SSSR count). The molecule has 4 heteroatoms. The molecular weight excluding hydrogens is 312 g/mol. The lowest BCUT2D eigenvalue weighted by Crippen LogP contribution is -2.49. The molecule has 0 radical (unpaired) electrons. The van der Waals surface area contributed by atoms with Crippen molar-refractivity contribution >= 4 is 5.69 Å². The van der Waals surface area contributed by atoms with Gasteiger partial charge in [0.05, 0.1) is 25.9 Å². The Bertz CT molecular complexity index is 719. The standard InChI is InChI=1S/C21H26N2O2/c24-12-14-25-13-11-22-9-10-23-20-8-4-2-6-18(20)15-17-5-1-3-7-19(17)21(23)16-22/h1-8,21,24H,9-16H2. The topological polar surface area (TPSA) is 35.9 Å². The van der Waals surface area contributed by atoms with Crippen molar-refractivity contribution < 1.29 is 9.84 Å². The molecule has 2 aromatic rings. The molecule has 1 saturated heterocycles. The Kier molecular flexibility index (Phi) is 5.02. The molecule has 2 aliphatic rings. The third-order valence-corrected chi connectivity index (χ3v) is 5.35. The van der Waals surface area contributed by atoms with E-state index in [1.807, 2.05) is 0 Å². The van der Waals surface area contributed by atoms with E-state index < -0.39 is 0 Å². The van der Waals surface area contributed by atoms with Gasteiger partial charge < -0.3 is 14.7 Å². The van der Waals surface area contributed by atoms with Gasteiger partial charge in [-0.3, -0.25) is 4.90 Å². The summed E-state index contributed by atoms with van der Waals surface area (Å²) in [5, 5.41) is 8.85. The maximum absolute atomic E-state index is 8.85. The van der Waals surface area contributed by atoms with Gasteiger partial charge in [-0.1, -0.05) is 42.5 Å². The molecule has 2 heterocycles. The number of anilines is 1. The summed E-state index contributed by atoms with van der Waals surface area (Å²) < 4.78 is 5.47. The number of para-hydroxylation sites is 1. The van der Waals surface area contributed by atoms with E-state index in [1.54, 1.807) is 0 Å². The van der Waals surface area contributed by atoms with E-state index in [0.717, 1.165) is 32.6 Å². The van der Waals surface area contributed by atoms with Gasteiger partial charge in [0.25, 0.3) is 0 Å².